The topological polar surface area (TPSA) is 79.1 Å². The van der Waals surface area contributed by atoms with Gasteiger partial charge in [-0.15, -0.1) is 0 Å². The van der Waals surface area contributed by atoms with Crippen LogP contribution in [0.1, 0.15) is 36.1 Å². The van der Waals surface area contributed by atoms with E-state index in [0.29, 0.717) is 22.4 Å². The van der Waals surface area contributed by atoms with Gasteiger partial charge in [-0.25, -0.2) is 4.39 Å². The number of hydrogen-bond donors (Lipinski definition) is 1. The maximum Gasteiger partial charge on any atom is 0.277 e. The molecule has 2 aliphatic heterocycles. The Morgan fingerprint density at radius 2 is 2.00 bits per heavy atom. The Hall–Kier alpha value is -3.46. The molecule has 7 nitrogen and oxygen atoms in total. The summed E-state index contributed by atoms with van der Waals surface area (Å²) in [6.07, 6.45) is 3.33. The fraction of sp³-hybridized carbons (Fsp3) is 0.231. The molecule has 0 aromatic heterocycles. The number of rotatable bonds is 5. The third kappa shape index (κ3) is 3.83. The molecule has 1 N–H and O–H groups in total. The average Bonchev–Trinajstić information content (AvgIpc) is 3.10. The predicted octanol–water partition coefficient (Wildman–Crippen LogP) is 5.02. The maximum atomic E-state index is 14.5. The van der Waals surface area contributed by atoms with Crippen LogP contribution in [0.2, 0.25) is 5.02 Å². The van der Waals surface area contributed by atoms with Crippen molar-refractivity contribution in [2.45, 2.75) is 25.3 Å². The Balaban J connectivity index is 1.81. The van der Waals surface area contributed by atoms with E-state index < -0.39 is 35.2 Å². The lowest BCUT2D eigenvalue weighted by Gasteiger charge is -2.35. The zero-order valence-electron chi connectivity index (χ0n) is 20.9. The van der Waals surface area contributed by atoms with E-state index >= 15 is 0 Å². The molecule has 3 aromatic carbocycles. The molecule has 3 aromatic rings. The van der Waals surface area contributed by atoms with Crippen LogP contribution >= 0.6 is 11.6 Å². The second-order valence-electron chi connectivity index (χ2n) is 8.46. The second kappa shape index (κ2) is 8.64. The van der Waals surface area contributed by atoms with Crippen LogP contribution in [0.15, 0.2) is 54.7 Å². The molecule has 5 rings (SSSR count). The van der Waals surface area contributed by atoms with Gasteiger partial charge in [-0.3, -0.25) is 15.0 Å². The summed E-state index contributed by atoms with van der Waals surface area (Å²) in [5.41, 5.74) is -1.39. The molecule has 0 spiro atoms. The van der Waals surface area contributed by atoms with Crippen LogP contribution in [0, 0.1) is 15.9 Å². The molecule has 2 heterocycles. The molecule has 3 unspecified atom stereocenters. The molecule has 35 heavy (non-hydrogen) atoms. The molecule has 0 saturated carbocycles. The van der Waals surface area contributed by atoms with E-state index in [1.807, 2.05) is 0 Å². The summed E-state index contributed by atoms with van der Waals surface area (Å²) in [6.45, 7) is -2.26. The highest BCUT2D eigenvalue weighted by molar-refractivity contribution is 6.31. The number of ether oxygens (including phenoxy) is 1. The lowest BCUT2D eigenvalue weighted by atomic mass is 9.87. The Morgan fingerprint density at radius 1 is 1.26 bits per heavy atom. The molecule has 0 fully saturated rings. The van der Waals surface area contributed by atoms with Crippen LogP contribution in [0.5, 0.6) is 5.75 Å². The van der Waals surface area contributed by atoms with Gasteiger partial charge in [0.15, 0.2) is 5.72 Å². The van der Waals surface area contributed by atoms with Crippen LogP contribution in [0.25, 0.3) is 6.08 Å². The first-order valence-corrected chi connectivity index (χ1v) is 11.1. The second-order valence-corrected chi connectivity index (χ2v) is 8.86. The van der Waals surface area contributed by atoms with E-state index in [-0.39, 0.29) is 28.3 Å². The standard InChI is InChI=1S/C26H23ClFN3O4/c1-29-10-9-20-17(14-29)11-24(31(33)34)25-21(20)15-30(13-16-3-6-19(35-2)7-4-16)26(25,32)22-12-18(28)5-8-23(22)27/h3-12,32H,13-15H2,1-2H3/i14D,15D. The summed E-state index contributed by atoms with van der Waals surface area (Å²) in [4.78, 5) is 14.6. The van der Waals surface area contributed by atoms with Crippen molar-refractivity contribution in [3.05, 3.63) is 109 Å². The Labute approximate surface area is 209 Å². The molecule has 3 atom stereocenters. The fourth-order valence-corrected chi connectivity index (χ4v) is 4.90. The van der Waals surface area contributed by atoms with Gasteiger partial charge in [0.2, 0.25) is 0 Å². The van der Waals surface area contributed by atoms with E-state index in [9.17, 15) is 21.0 Å². The first kappa shape index (κ1) is 20.9. The number of fused-ring (bicyclic) bond motifs is 3. The van der Waals surface area contributed by atoms with Gasteiger partial charge < -0.3 is 14.7 Å². The molecule has 0 bridgehead atoms. The SMILES string of the molecule is [2H]C1c2cc([N+](=O)[O-])c3c(c2C=CN1C)C([2H])N(Cc1ccc(OC)cc1)C3(O)c1cc(F)ccc1Cl. The Bertz CT molecular complexity index is 1440. The minimum atomic E-state index is -2.31. The smallest absolute Gasteiger partial charge is 0.277 e. The normalized spacial score (nSPS) is 24.0. The van der Waals surface area contributed by atoms with Crippen LogP contribution in [-0.4, -0.2) is 34.0 Å². The Morgan fingerprint density at radius 3 is 2.69 bits per heavy atom. The highest BCUT2D eigenvalue weighted by Gasteiger charge is 2.52. The van der Waals surface area contributed by atoms with Crippen molar-refractivity contribution in [2.75, 3.05) is 14.2 Å². The first-order valence-electron chi connectivity index (χ1n) is 11.9. The molecule has 0 radical (unpaired) electrons. The van der Waals surface area contributed by atoms with Crippen LogP contribution in [-0.2, 0) is 25.3 Å². The van der Waals surface area contributed by atoms with Crippen LogP contribution in [0.3, 0.4) is 0 Å². The number of nitrogens with zero attached hydrogens (tertiary/aromatic N) is 3. The van der Waals surface area contributed by atoms with Gasteiger partial charge >= 0.3 is 0 Å². The summed E-state index contributed by atoms with van der Waals surface area (Å²) in [5.74, 6) is -0.0830. The summed E-state index contributed by atoms with van der Waals surface area (Å²) in [7, 11) is 3.20. The number of methoxy groups -OCH3 is 1. The average molecular weight is 498 g/mol. The van der Waals surface area contributed by atoms with Crippen molar-refractivity contribution in [1.82, 2.24) is 9.80 Å². The van der Waals surface area contributed by atoms with Crippen molar-refractivity contribution >= 4 is 23.4 Å². The summed E-state index contributed by atoms with van der Waals surface area (Å²) >= 11 is 6.45. The van der Waals surface area contributed by atoms with Gasteiger partial charge in [-0.2, -0.15) is 0 Å². The van der Waals surface area contributed by atoms with Gasteiger partial charge in [0.25, 0.3) is 5.69 Å². The highest BCUT2D eigenvalue weighted by atomic mass is 35.5. The highest BCUT2D eigenvalue weighted by Crippen LogP contribution is 2.51. The predicted molar refractivity (Wildman–Crippen MR) is 130 cm³/mol. The summed E-state index contributed by atoms with van der Waals surface area (Å²) in [6, 6.07) is 11.6. The number of nitro groups is 1. The molecule has 2 aliphatic rings. The summed E-state index contributed by atoms with van der Waals surface area (Å²) in [5, 5.41) is 24.7. The minimum absolute atomic E-state index is 0.00987. The number of benzene rings is 3. The monoisotopic (exact) mass is 497 g/mol. The molecule has 0 saturated heterocycles. The van der Waals surface area contributed by atoms with Crippen molar-refractivity contribution in [2.24, 2.45) is 0 Å². The minimum Gasteiger partial charge on any atom is -0.497 e. The van der Waals surface area contributed by atoms with Crippen molar-refractivity contribution in [3.63, 3.8) is 0 Å². The number of hydrogen-bond acceptors (Lipinski definition) is 6. The van der Waals surface area contributed by atoms with E-state index in [2.05, 4.69) is 0 Å². The number of aliphatic hydroxyl groups is 1. The van der Waals surface area contributed by atoms with Gasteiger partial charge in [0, 0.05) is 44.7 Å². The molecule has 0 amide bonds. The van der Waals surface area contributed by atoms with Crippen LogP contribution in [0.4, 0.5) is 10.1 Å². The molecule has 180 valence electrons. The third-order valence-corrected chi connectivity index (χ3v) is 6.63. The lowest BCUT2D eigenvalue weighted by Crippen LogP contribution is -2.42. The van der Waals surface area contributed by atoms with E-state index in [0.717, 1.165) is 12.1 Å². The molecular formula is C26H23ClFN3O4. The van der Waals surface area contributed by atoms with E-state index in [1.54, 1.807) is 48.5 Å². The van der Waals surface area contributed by atoms with Crippen LogP contribution < -0.4 is 4.74 Å². The number of nitro benzene ring substituents is 1. The largest absolute Gasteiger partial charge is 0.497 e. The molecule has 9 heteroatoms. The molecule has 0 aliphatic carbocycles. The Kier molecular flexibility index (Phi) is 5.15. The maximum absolute atomic E-state index is 14.5. The van der Waals surface area contributed by atoms with Gasteiger partial charge in [0.1, 0.15) is 11.6 Å². The zero-order chi connectivity index (χ0) is 26.6. The van der Waals surface area contributed by atoms with Gasteiger partial charge in [-0.1, -0.05) is 23.7 Å². The lowest BCUT2D eigenvalue weighted by molar-refractivity contribution is -0.387. The zero-order valence-corrected chi connectivity index (χ0v) is 19.7. The summed E-state index contributed by atoms with van der Waals surface area (Å²) < 4.78 is 37.4. The molecular weight excluding hydrogens is 473 g/mol. The van der Waals surface area contributed by atoms with E-state index in [1.165, 1.54) is 24.1 Å². The van der Waals surface area contributed by atoms with E-state index in [4.69, 9.17) is 17.7 Å². The third-order valence-electron chi connectivity index (χ3n) is 6.30. The quantitative estimate of drug-likeness (QED) is 0.394. The first-order chi connectivity index (χ1) is 17.6. The van der Waals surface area contributed by atoms with Crippen molar-refractivity contribution in [1.29, 1.82) is 0 Å². The van der Waals surface area contributed by atoms with Crippen molar-refractivity contribution < 1.29 is 21.9 Å². The van der Waals surface area contributed by atoms with Crippen molar-refractivity contribution in [3.8, 4) is 5.75 Å². The van der Waals surface area contributed by atoms with Gasteiger partial charge in [-0.05, 0) is 64.9 Å². The fourth-order valence-electron chi connectivity index (χ4n) is 4.65. The van der Waals surface area contributed by atoms with Gasteiger partial charge in [0.05, 0.1) is 19.0 Å². The number of halogens is 2.